The quantitative estimate of drug-likeness (QED) is 0.805. The molecule has 0 bridgehead atoms. The van der Waals surface area contributed by atoms with Crippen molar-refractivity contribution in [2.45, 2.75) is 0 Å². The molecule has 0 atom stereocenters. The molecule has 0 radical (unpaired) electrons. The second kappa shape index (κ2) is 3.70. The Hall–Kier alpha value is -2.16. The molecule has 17 heavy (non-hydrogen) atoms. The van der Waals surface area contributed by atoms with Gasteiger partial charge in [0.25, 0.3) is 0 Å². The Kier molecular flexibility index (Phi) is 2.18. The van der Waals surface area contributed by atoms with E-state index in [2.05, 4.69) is 35.5 Å². The Morgan fingerprint density at radius 3 is 2.59 bits per heavy atom. The summed E-state index contributed by atoms with van der Waals surface area (Å²) < 4.78 is 5.39. The molecule has 86 valence electrons. The first-order valence-electron chi connectivity index (χ1n) is 5.58. The molecule has 2 aromatic carbocycles. The zero-order valence-electron chi connectivity index (χ0n) is 9.90. The van der Waals surface area contributed by atoms with Crippen molar-refractivity contribution in [2.75, 3.05) is 24.4 Å². The predicted molar refractivity (Wildman–Crippen MR) is 70.8 cm³/mol. The highest BCUT2D eigenvalue weighted by Gasteiger charge is 2.21. The van der Waals surface area contributed by atoms with Crippen LogP contribution in [0, 0.1) is 0 Å². The zero-order chi connectivity index (χ0) is 11.8. The van der Waals surface area contributed by atoms with Gasteiger partial charge in [-0.15, -0.1) is 0 Å². The number of fused-ring (bicyclic) bond motifs is 2. The maximum atomic E-state index is 5.39. The lowest BCUT2D eigenvalue weighted by Crippen LogP contribution is -2.17. The highest BCUT2D eigenvalue weighted by atomic mass is 16.5. The van der Waals surface area contributed by atoms with Crippen LogP contribution >= 0.6 is 0 Å². The maximum Gasteiger partial charge on any atom is 0.144 e. The third-order valence-corrected chi connectivity index (χ3v) is 3.11. The average Bonchev–Trinajstić information content (AvgIpc) is 2.38. The summed E-state index contributed by atoms with van der Waals surface area (Å²) in [5.41, 5.74) is 4.43. The number of anilines is 4. The highest BCUT2D eigenvalue weighted by molar-refractivity contribution is 5.93. The summed E-state index contributed by atoms with van der Waals surface area (Å²) in [4.78, 5) is 2.17. The monoisotopic (exact) mass is 226 g/mol. The van der Waals surface area contributed by atoms with Gasteiger partial charge in [0.2, 0.25) is 0 Å². The molecule has 1 heterocycles. The fourth-order valence-electron chi connectivity index (χ4n) is 2.23. The summed E-state index contributed by atoms with van der Waals surface area (Å²) in [5, 5.41) is 3.42. The van der Waals surface area contributed by atoms with E-state index in [1.165, 1.54) is 5.69 Å². The van der Waals surface area contributed by atoms with Gasteiger partial charge >= 0.3 is 0 Å². The van der Waals surface area contributed by atoms with Crippen LogP contribution in [0.3, 0.4) is 0 Å². The van der Waals surface area contributed by atoms with E-state index in [1.54, 1.807) is 7.11 Å². The second-order valence-corrected chi connectivity index (χ2v) is 4.06. The fourth-order valence-corrected chi connectivity index (χ4v) is 2.23. The number of rotatable bonds is 1. The van der Waals surface area contributed by atoms with Crippen molar-refractivity contribution in [1.82, 2.24) is 0 Å². The van der Waals surface area contributed by atoms with E-state index in [0.717, 1.165) is 22.8 Å². The Balaban J connectivity index is 2.19. The van der Waals surface area contributed by atoms with E-state index in [-0.39, 0.29) is 0 Å². The fraction of sp³-hybridized carbons (Fsp3) is 0.143. The largest absolute Gasteiger partial charge is 0.494 e. The number of para-hydroxylation sites is 3. The maximum absolute atomic E-state index is 5.39. The molecule has 0 amide bonds. The Bertz CT molecular complexity index is 566. The van der Waals surface area contributed by atoms with Gasteiger partial charge in [-0.3, -0.25) is 0 Å². The van der Waals surface area contributed by atoms with Crippen LogP contribution in [0.4, 0.5) is 22.7 Å². The molecular formula is C14H14N2O. The van der Waals surface area contributed by atoms with Crippen molar-refractivity contribution < 1.29 is 4.74 Å². The molecule has 3 nitrogen and oxygen atoms in total. The first kappa shape index (κ1) is 10.0. The molecule has 0 fully saturated rings. The first-order chi connectivity index (χ1) is 8.31. The predicted octanol–water partition coefficient (Wildman–Crippen LogP) is 3.52. The Morgan fingerprint density at radius 2 is 1.76 bits per heavy atom. The number of benzene rings is 2. The molecule has 0 unspecified atom stereocenters. The third-order valence-electron chi connectivity index (χ3n) is 3.11. The smallest absolute Gasteiger partial charge is 0.144 e. The van der Waals surface area contributed by atoms with Crippen molar-refractivity contribution in [1.29, 1.82) is 0 Å². The normalized spacial score (nSPS) is 12.5. The summed E-state index contributed by atoms with van der Waals surface area (Å²) in [7, 11) is 3.76. The zero-order valence-corrected chi connectivity index (χ0v) is 9.90. The van der Waals surface area contributed by atoms with Crippen molar-refractivity contribution in [3.8, 4) is 5.75 Å². The van der Waals surface area contributed by atoms with E-state index in [1.807, 2.05) is 24.3 Å². The number of nitrogens with zero attached hydrogens (tertiary/aromatic N) is 1. The average molecular weight is 226 g/mol. The van der Waals surface area contributed by atoms with Gasteiger partial charge in [0.15, 0.2) is 0 Å². The Labute approximate surface area is 101 Å². The van der Waals surface area contributed by atoms with Gasteiger partial charge in [0.05, 0.1) is 24.2 Å². The number of hydrogen-bond donors (Lipinski definition) is 1. The van der Waals surface area contributed by atoms with Gasteiger partial charge in [0, 0.05) is 7.05 Å². The topological polar surface area (TPSA) is 24.5 Å². The van der Waals surface area contributed by atoms with Crippen LogP contribution in [0.1, 0.15) is 0 Å². The highest BCUT2D eigenvalue weighted by Crippen LogP contribution is 2.46. The number of methoxy groups -OCH3 is 1. The van der Waals surface area contributed by atoms with Crippen LogP contribution in [0.15, 0.2) is 42.5 Å². The van der Waals surface area contributed by atoms with Gasteiger partial charge in [0.1, 0.15) is 11.4 Å². The molecule has 0 spiro atoms. The van der Waals surface area contributed by atoms with Crippen molar-refractivity contribution in [2.24, 2.45) is 0 Å². The SMILES string of the molecule is COc1cccc2c1Nc1ccccc1N2C. The molecule has 1 aliphatic rings. The molecule has 0 aromatic heterocycles. The molecule has 1 aliphatic heterocycles. The third kappa shape index (κ3) is 1.43. The lowest BCUT2D eigenvalue weighted by atomic mass is 10.1. The van der Waals surface area contributed by atoms with E-state index in [4.69, 9.17) is 4.74 Å². The van der Waals surface area contributed by atoms with Gasteiger partial charge in [-0.1, -0.05) is 18.2 Å². The van der Waals surface area contributed by atoms with Crippen LogP contribution in [0.2, 0.25) is 0 Å². The minimum Gasteiger partial charge on any atom is -0.494 e. The summed E-state index contributed by atoms with van der Waals surface area (Å²) in [5.74, 6) is 0.865. The molecule has 0 saturated heterocycles. The summed E-state index contributed by atoms with van der Waals surface area (Å²) in [6.07, 6.45) is 0. The Morgan fingerprint density at radius 1 is 1.00 bits per heavy atom. The molecule has 2 aromatic rings. The standard InChI is InChI=1S/C14H14N2O/c1-16-11-7-4-3-6-10(11)15-14-12(16)8-5-9-13(14)17-2/h3-9,15H,1-2H3. The molecule has 3 heteroatoms. The second-order valence-electron chi connectivity index (χ2n) is 4.06. The minimum absolute atomic E-state index is 0.865. The lowest BCUT2D eigenvalue weighted by molar-refractivity contribution is 0.417. The summed E-state index contributed by atoms with van der Waals surface area (Å²) in [6.45, 7) is 0. The number of nitrogens with one attached hydrogen (secondary N) is 1. The molecular weight excluding hydrogens is 212 g/mol. The summed E-state index contributed by atoms with van der Waals surface area (Å²) in [6, 6.07) is 14.3. The molecule has 0 saturated carbocycles. The van der Waals surface area contributed by atoms with E-state index in [0.29, 0.717) is 0 Å². The van der Waals surface area contributed by atoms with Crippen molar-refractivity contribution in [3.63, 3.8) is 0 Å². The van der Waals surface area contributed by atoms with Crippen LogP contribution in [0.5, 0.6) is 5.75 Å². The first-order valence-corrected chi connectivity index (χ1v) is 5.58. The molecule has 3 rings (SSSR count). The van der Waals surface area contributed by atoms with Crippen LogP contribution in [0.25, 0.3) is 0 Å². The van der Waals surface area contributed by atoms with E-state index in [9.17, 15) is 0 Å². The number of hydrogen-bond acceptors (Lipinski definition) is 3. The van der Waals surface area contributed by atoms with Crippen molar-refractivity contribution in [3.05, 3.63) is 42.5 Å². The summed E-state index contributed by atoms with van der Waals surface area (Å²) >= 11 is 0. The van der Waals surface area contributed by atoms with Gasteiger partial charge in [-0.2, -0.15) is 0 Å². The van der Waals surface area contributed by atoms with Crippen LogP contribution < -0.4 is 15.0 Å². The minimum atomic E-state index is 0.865. The van der Waals surface area contributed by atoms with Crippen molar-refractivity contribution >= 4 is 22.7 Å². The van der Waals surface area contributed by atoms with Gasteiger partial charge in [-0.05, 0) is 24.3 Å². The number of ether oxygens (including phenoxy) is 1. The van der Waals surface area contributed by atoms with Gasteiger partial charge in [-0.25, -0.2) is 0 Å². The van der Waals surface area contributed by atoms with Crippen LogP contribution in [-0.2, 0) is 0 Å². The van der Waals surface area contributed by atoms with E-state index >= 15 is 0 Å². The van der Waals surface area contributed by atoms with E-state index < -0.39 is 0 Å². The molecule has 1 N–H and O–H groups in total. The lowest BCUT2D eigenvalue weighted by Gasteiger charge is -2.31. The van der Waals surface area contributed by atoms with Crippen LogP contribution in [-0.4, -0.2) is 14.2 Å². The molecule has 0 aliphatic carbocycles. The van der Waals surface area contributed by atoms with Gasteiger partial charge < -0.3 is 15.0 Å².